The standard InChI is InChI=1S/C29H43NO6.C27H41NO5/c1-7-28(5,25(33)35-22-13-23(31)34-14-22)16-27(4,17-30)15-26(2,3)24(32)36-29(6)20-9-18-8-19(11-20)12-21(29)10-18;1-9-26(14-19(29)32-21(26)31)16-24(7,17-28)15-22(3,4)20(30)33-27(10-2)23(5,6)18-11-12-25(27,8)13-18/h18-22H,7-16H2,1-6H3;18H,9-16H2,1-8H3. The molecule has 2 aliphatic heterocycles. The molecule has 8 rings (SSSR count). The minimum atomic E-state index is -1.01. The molecule has 0 N–H and O–H groups in total. The highest BCUT2D eigenvalue weighted by molar-refractivity contribution is 5.97. The van der Waals surface area contributed by atoms with Crippen molar-refractivity contribution in [2.24, 2.45) is 72.9 Å². The van der Waals surface area contributed by atoms with Gasteiger partial charge in [0.1, 0.15) is 23.9 Å². The molecular weight excluding hydrogens is 877 g/mol. The monoisotopic (exact) mass is 961 g/mol. The highest BCUT2D eigenvalue weighted by Crippen LogP contribution is 2.71. The number of hydrogen-bond donors (Lipinski definition) is 0. The number of nitrogens with zero attached hydrogens (tertiary/aromatic N) is 2. The molecule has 8 fully saturated rings. The molecule has 6 bridgehead atoms. The van der Waals surface area contributed by atoms with E-state index >= 15 is 0 Å². The number of hydrogen-bond acceptors (Lipinski definition) is 13. The molecule has 8 aliphatic rings. The van der Waals surface area contributed by atoms with Crippen LogP contribution in [0.3, 0.4) is 0 Å². The molecule has 0 aromatic heterocycles. The highest BCUT2D eigenvalue weighted by atomic mass is 16.6. The second-order valence-electron chi connectivity index (χ2n) is 26.4. The third-order valence-corrected chi connectivity index (χ3v) is 19.6. The van der Waals surface area contributed by atoms with Crippen molar-refractivity contribution >= 4 is 35.8 Å². The van der Waals surface area contributed by atoms with Crippen LogP contribution in [0.2, 0.25) is 0 Å². The van der Waals surface area contributed by atoms with Crippen molar-refractivity contribution in [3.63, 3.8) is 0 Å². The second-order valence-corrected chi connectivity index (χ2v) is 26.4. The minimum absolute atomic E-state index is 0.0165. The van der Waals surface area contributed by atoms with E-state index in [1.54, 1.807) is 13.8 Å². The van der Waals surface area contributed by atoms with Crippen molar-refractivity contribution in [2.75, 3.05) is 6.61 Å². The Bertz CT molecular complexity index is 2110. The van der Waals surface area contributed by atoms with E-state index in [1.807, 2.05) is 48.5 Å². The number of cyclic esters (lactones) is 3. The summed E-state index contributed by atoms with van der Waals surface area (Å²) in [5.41, 5.74) is -6.79. The van der Waals surface area contributed by atoms with Crippen LogP contribution < -0.4 is 0 Å². The SMILES string of the molecule is CCC(C)(CC(C)(C#N)CC(C)(C)C(=O)OC1(C)C2CC3CC(C2)CC1C3)C(=O)OC1COC(=O)C1.CCC1(CC(C)(C#N)CC(C)(C)C(=O)OC2(CC)C3(C)CCC(C3)C2(C)C)CC(=O)OC1=O. The molecular formula is C56H84N2O11. The Balaban J connectivity index is 0.000000228. The number of esters is 6. The average molecular weight is 961 g/mol. The van der Waals surface area contributed by atoms with Gasteiger partial charge in [-0.3, -0.25) is 28.8 Å². The summed E-state index contributed by atoms with van der Waals surface area (Å²) < 4.78 is 28.2. The number of carbonyl (C=O) groups is 6. The van der Waals surface area contributed by atoms with Gasteiger partial charge in [0, 0.05) is 10.8 Å². The van der Waals surface area contributed by atoms with Crippen LogP contribution in [0.4, 0.5) is 0 Å². The predicted molar refractivity (Wildman–Crippen MR) is 256 cm³/mol. The first kappa shape index (κ1) is 54.3. The number of fused-ring (bicyclic) bond motifs is 2. The molecule has 69 heavy (non-hydrogen) atoms. The van der Waals surface area contributed by atoms with Crippen molar-refractivity contribution < 1.29 is 52.5 Å². The fraction of sp³-hybridized carbons (Fsp3) is 0.857. The van der Waals surface area contributed by atoms with E-state index in [9.17, 15) is 39.3 Å². The van der Waals surface area contributed by atoms with Gasteiger partial charge in [0.05, 0.1) is 57.5 Å². The maximum atomic E-state index is 13.7. The molecule has 8 unspecified atom stereocenters. The first-order valence-corrected chi connectivity index (χ1v) is 26.2. The molecule has 2 heterocycles. The van der Waals surface area contributed by atoms with Crippen LogP contribution in [-0.4, -0.2) is 59.7 Å². The maximum Gasteiger partial charge on any atom is 0.320 e. The van der Waals surface area contributed by atoms with Crippen LogP contribution in [0.15, 0.2) is 0 Å². The summed E-state index contributed by atoms with van der Waals surface area (Å²) >= 11 is 0. The van der Waals surface area contributed by atoms with E-state index in [4.69, 9.17) is 23.7 Å². The van der Waals surface area contributed by atoms with Gasteiger partial charge in [-0.05, 0) is 181 Å². The molecule has 0 aromatic rings. The van der Waals surface area contributed by atoms with Crippen LogP contribution in [-0.2, 0) is 52.5 Å². The van der Waals surface area contributed by atoms with Crippen molar-refractivity contribution in [2.45, 2.75) is 223 Å². The quantitative estimate of drug-likeness (QED) is 0.0759. The second kappa shape index (κ2) is 18.6. The number of ether oxygens (including phenoxy) is 5. The molecule has 0 radical (unpaired) electrons. The molecule has 13 heteroatoms. The average Bonchev–Trinajstić information content (AvgIpc) is 3.99. The molecule has 0 spiro atoms. The van der Waals surface area contributed by atoms with E-state index < -0.39 is 67.7 Å². The van der Waals surface area contributed by atoms with Gasteiger partial charge in [0.2, 0.25) is 0 Å². The van der Waals surface area contributed by atoms with Gasteiger partial charge >= 0.3 is 35.8 Å². The first-order chi connectivity index (χ1) is 31.8. The molecule has 13 nitrogen and oxygen atoms in total. The predicted octanol–water partition coefficient (Wildman–Crippen LogP) is 11.1. The summed E-state index contributed by atoms with van der Waals surface area (Å²) in [5.74, 6) is 0.529. The van der Waals surface area contributed by atoms with Crippen LogP contribution in [0.5, 0.6) is 0 Å². The maximum absolute atomic E-state index is 13.7. The van der Waals surface area contributed by atoms with Crippen molar-refractivity contribution in [3.8, 4) is 12.1 Å². The lowest BCUT2D eigenvalue weighted by atomic mass is 9.50. The molecule has 8 atom stereocenters. The van der Waals surface area contributed by atoms with Gasteiger partial charge < -0.3 is 23.7 Å². The van der Waals surface area contributed by atoms with E-state index in [0.29, 0.717) is 30.6 Å². The Labute approximate surface area is 412 Å². The third kappa shape index (κ3) is 9.85. The Morgan fingerprint density at radius 3 is 1.70 bits per heavy atom. The van der Waals surface area contributed by atoms with Gasteiger partial charge in [-0.25, -0.2) is 0 Å². The van der Waals surface area contributed by atoms with Crippen molar-refractivity contribution in [3.05, 3.63) is 0 Å². The molecule has 384 valence electrons. The number of nitriles is 2. The normalized spacial score (nSPS) is 36.6. The summed E-state index contributed by atoms with van der Waals surface area (Å²) in [5, 5.41) is 20.3. The fourth-order valence-electron chi connectivity index (χ4n) is 15.8. The van der Waals surface area contributed by atoms with Crippen molar-refractivity contribution in [1.29, 1.82) is 10.5 Å². The Morgan fingerprint density at radius 1 is 0.710 bits per heavy atom. The van der Waals surface area contributed by atoms with Crippen LogP contribution >= 0.6 is 0 Å². The van der Waals surface area contributed by atoms with E-state index in [0.717, 1.165) is 56.8 Å². The van der Waals surface area contributed by atoms with Gasteiger partial charge in [-0.2, -0.15) is 10.5 Å². The van der Waals surface area contributed by atoms with Gasteiger partial charge in [-0.15, -0.1) is 0 Å². The molecule has 6 aliphatic carbocycles. The van der Waals surface area contributed by atoms with Crippen LogP contribution in [0.25, 0.3) is 0 Å². The summed E-state index contributed by atoms with van der Waals surface area (Å²) in [6.07, 6.45) is 11.3. The summed E-state index contributed by atoms with van der Waals surface area (Å²) in [6, 6.07) is 4.76. The highest BCUT2D eigenvalue weighted by Gasteiger charge is 2.71. The van der Waals surface area contributed by atoms with Crippen molar-refractivity contribution in [1.82, 2.24) is 0 Å². The van der Waals surface area contributed by atoms with E-state index in [-0.39, 0.29) is 73.9 Å². The zero-order chi connectivity index (χ0) is 51.6. The molecule has 0 amide bonds. The molecule has 2 saturated heterocycles. The lowest BCUT2D eigenvalue weighted by molar-refractivity contribution is -0.212. The lowest BCUT2D eigenvalue weighted by Gasteiger charge is -2.59. The van der Waals surface area contributed by atoms with Crippen LogP contribution in [0.1, 0.15) is 206 Å². The Morgan fingerprint density at radius 2 is 1.26 bits per heavy atom. The number of rotatable bonds is 17. The molecule has 0 aromatic carbocycles. The molecule has 6 saturated carbocycles. The van der Waals surface area contributed by atoms with E-state index in [1.165, 1.54) is 12.8 Å². The topological polar surface area (TPSA) is 196 Å². The summed E-state index contributed by atoms with van der Waals surface area (Å²) in [7, 11) is 0. The summed E-state index contributed by atoms with van der Waals surface area (Å²) in [6.45, 7) is 27.5. The van der Waals surface area contributed by atoms with E-state index in [2.05, 4.69) is 46.8 Å². The smallest absolute Gasteiger partial charge is 0.320 e. The number of carbonyl (C=O) groups excluding carboxylic acids is 6. The Kier molecular flexibility index (Phi) is 14.6. The van der Waals surface area contributed by atoms with Gasteiger partial charge in [-0.1, -0.05) is 41.5 Å². The summed E-state index contributed by atoms with van der Waals surface area (Å²) in [4.78, 5) is 76.1. The zero-order valence-electron chi connectivity index (χ0n) is 44.6. The minimum Gasteiger partial charge on any atom is -0.462 e. The first-order valence-electron chi connectivity index (χ1n) is 26.2. The third-order valence-electron chi connectivity index (χ3n) is 19.6. The zero-order valence-corrected chi connectivity index (χ0v) is 44.6. The fourth-order valence-corrected chi connectivity index (χ4v) is 15.8. The van der Waals surface area contributed by atoms with Gasteiger partial charge in [0.15, 0.2) is 0 Å². The van der Waals surface area contributed by atoms with Gasteiger partial charge in [0.25, 0.3) is 0 Å². The Hall–Kier alpha value is -4.00. The largest absolute Gasteiger partial charge is 0.462 e. The van der Waals surface area contributed by atoms with Crippen LogP contribution in [0, 0.1) is 95.6 Å². The lowest BCUT2D eigenvalue weighted by Crippen LogP contribution is -2.58.